The van der Waals surface area contributed by atoms with E-state index in [0.717, 1.165) is 40.5 Å². The maximum absolute atomic E-state index is 6.92. The van der Waals surface area contributed by atoms with Gasteiger partial charge in [-0.15, -0.1) is 0 Å². The number of hydrogen-bond acceptors (Lipinski definition) is 9. The monoisotopic (exact) mass is 756 g/mol. The predicted octanol–water partition coefficient (Wildman–Crippen LogP) is 6.04. The Kier molecular flexibility index (Phi) is 8.86. The van der Waals surface area contributed by atoms with E-state index in [4.69, 9.17) is 64.4 Å². The Morgan fingerprint density at radius 1 is 1.12 bits per heavy atom. The molecule has 1 aromatic carbocycles. The molecular formula is C28H29BCl3IN6O4. The highest BCUT2D eigenvalue weighted by Crippen LogP contribution is 2.42. The van der Waals surface area contributed by atoms with E-state index in [1.54, 1.807) is 12.4 Å². The second kappa shape index (κ2) is 12.2. The predicted molar refractivity (Wildman–Crippen MR) is 174 cm³/mol. The number of ether oxygens (including phenoxy) is 2. The molecule has 15 heteroatoms. The molecule has 4 aromatic rings. The molecule has 0 saturated carbocycles. The van der Waals surface area contributed by atoms with Crippen molar-refractivity contribution in [3.63, 3.8) is 0 Å². The van der Waals surface area contributed by atoms with E-state index in [2.05, 4.69) is 37.5 Å². The van der Waals surface area contributed by atoms with Gasteiger partial charge in [-0.05, 0) is 92.4 Å². The highest BCUT2D eigenvalue weighted by atomic mass is 127. The van der Waals surface area contributed by atoms with E-state index in [-0.39, 0.29) is 11.5 Å². The van der Waals surface area contributed by atoms with Gasteiger partial charge in [-0.1, -0.05) is 23.2 Å². The van der Waals surface area contributed by atoms with E-state index < -0.39 is 24.5 Å². The number of fused-ring (bicyclic) bond motifs is 1. The smallest absolute Gasteiger partial charge is 0.471 e. The molecule has 43 heavy (non-hydrogen) atoms. The van der Waals surface area contributed by atoms with Gasteiger partial charge in [0.2, 0.25) is 5.28 Å². The maximum atomic E-state index is 6.92. The molecule has 2 aliphatic heterocycles. The van der Waals surface area contributed by atoms with Crippen LogP contribution in [0.3, 0.4) is 0 Å². The molecule has 0 spiro atoms. The third-order valence-corrected chi connectivity index (χ3v) is 9.86. The molecule has 0 aliphatic carbocycles. The summed E-state index contributed by atoms with van der Waals surface area (Å²) in [5.74, 6) is 0.557. The van der Waals surface area contributed by atoms with Crippen molar-refractivity contribution in [1.29, 1.82) is 0 Å². The summed E-state index contributed by atoms with van der Waals surface area (Å²) in [6.07, 6.45) is 7.08. The first-order valence-corrected chi connectivity index (χ1v) is 16.0. The van der Waals surface area contributed by atoms with Crippen molar-refractivity contribution in [2.24, 2.45) is 5.73 Å². The molecule has 2 saturated heterocycles. The summed E-state index contributed by atoms with van der Waals surface area (Å²) in [4.78, 5) is 12.6. The Morgan fingerprint density at radius 2 is 1.88 bits per heavy atom. The quantitative estimate of drug-likeness (QED) is 0.104. The number of nitrogens with two attached hydrogens (primary N) is 1. The van der Waals surface area contributed by atoms with Crippen LogP contribution >= 0.6 is 57.4 Å². The van der Waals surface area contributed by atoms with Crippen LogP contribution in [0.2, 0.25) is 15.3 Å². The van der Waals surface area contributed by atoms with Crippen LogP contribution in [0.5, 0.6) is 5.75 Å². The molecule has 3 aromatic heterocycles. The van der Waals surface area contributed by atoms with Crippen LogP contribution in [-0.2, 0) is 20.5 Å². The summed E-state index contributed by atoms with van der Waals surface area (Å²) in [6.45, 7) is 6.58. The van der Waals surface area contributed by atoms with Crippen LogP contribution in [0.4, 0.5) is 0 Å². The Labute approximate surface area is 278 Å². The van der Waals surface area contributed by atoms with Crippen molar-refractivity contribution in [1.82, 2.24) is 24.7 Å². The number of hydrogen-bond donors (Lipinski definition) is 1. The minimum absolute atomic E-state index is 0.0717. The fourth-order valence-corrected chi connectivity index (χ4v) is 6.74. The van der Waals surface area contributed by atoms with Gasteiger partial charge in [-0.3, -0.25) is 10.7 Å². The molecular weight excluding hydrogens is 728 g/mol. The molecule has 0 bridgehead atoms. The zero-order valence-electron chi connectivity index (χ0n) is 23.7. The Hall–Kier alpha value is -1.78. The number of rotatable bonds is 7. The van der Waals surface area contributed by atoms with Crippen molar-refractivity contribution in [2.45, 2.75) is 70.1 Å². The van der Waals surface area contributed by atoms with E-state index >= 15 is 0 Å². The van der Waals surface area contributed by atoms with E-state index in [9.17, 15) is 0 Å². The molecule has 0 amide bonds. The maximum Gasteiger partial charge on any atom is 0.498 e. The molecule has 6 rings (SSSR count). The van der Waals surface area contributed by atoms with Crippen LogP contribution < -0.4 is 15.9 Å². The van der Waals surface area contributed by atoms with Gasteiger partial charge in [0.25, 0.3) is 0 Å². The molecule has 0 radical (unpaired) electrons. The van der Waals surface area contributed by atoms with Crippen molar-refractivity contribution in [3.05, 3.63) is 67.1 Å². The summed E-state index contributed by atoms with van der Waals surface area (Å²) in [5.41, 5.74) is 7.61. The van der Waals surface area contributed by atoms with Gasteiger partial charge in [0.15, 0.2) is 12.5 Å². The van der Waals surface area contributed by atoms with Gasteiger partial charge in [0, 0.05) is 48.0 Å². The zero-order chi connectivity index (χ0) is 30.5. The Morgan fingerprint density at radius 3 is 2.60 bits per heavy atom. The summed E-state index contributed by atoms with van der Waals surface area (Å²) in [7, 11) is -0.694. The molecule has 10 nitrogen and oxygen atoms in total. The lowest BCUT2D eigenvalue weighted by molar-refractivity contribution is -0.0368. The van der Waals surface area contributed by atoms with Crippen LogP contribution in [0.1, 0.15) is 63.7 Å². The van der Waals surface area contributed by atoms with Crippen molar-refractivity contribution >= 4 is 80.9 Å². The van der Waals surface area contributed by atoms with Crippen LogP contribution in [-0.4, -0.2) is 49.7 Å². The average molecular weight is 758 g/mol. The molecule has 2 aliphatic rings. The lowest BCUT2D eigenvalue weighted by atomic mass is 9.81. The first kappa shape index (κ1) is 31.2. The summed E-state index contributed by atoms with van der Waals surface area (Å²) in [5, 5.41) is 6.42. The van der Waals surface area contributed by atoms with Gasteiger partial charge in [-0.2, -0.15) is 5.10 Å². The highest BCUT2D eigenvalue weighted by Gasteiger charge is 2.55. The number of benzene rings is 1. The summed E-state index contributed by atoms with van der Waals surface area (Å²) in [6, 6.07) is 5.74. The molecule has 5 heterocycles. The normalized spacial score (nSPS) is 22.7. The van der Waals surface area contributed by atoms with Crippen molar-refractivity contribution in [3.8, 4) is 5.75 Å². The SMILES string of the molecule is CC1(C)OB(c2cnc(Cl)nc2)OC1(C)Cc1ncc(Cl)c([C@@H](N)Oc2ccc3c(c2)c(I)nn3C2CCCCO2)c1Cl. The van der Waals surface area contributed by atoms with Crippen LogP contribution in [0, 0.1) is 3.70 Å². The van der Waals surface area contributed by atoms with E-state index in [0.29, 0.717) is 38.9 Å². The second-order valence-electron chi connectivity index (χ2n) is 11.3. The standard InChI is InChI=1S/C28H29BCl3IN6O4/c1-27(2)28(3,43-29(42-27)15-12-36-26(32)37-13-15)11-19-23(31)22(18(30)14-35-19)25(34)41-16-7-8-20-17(10-16)24(33)38-39(20)21-6-4-5-9-40-21/h7-8,10,12-14,21,25H,4-6,9,11,34H2,1-3H3/t21?,25-,28?/m0/s1. The first-order valence-electron chi connectivity index (χ1n) is 13.8. The molecule has 2 fully saturated rings. The van der Waals surface area contributed by atoms with Gasteiger partial charge < -0.3 is 18.8 Å². The van der Waals surface area contributed by atoms with E-state index in [1.807, 2.05) is 43.7 Å². The average Bonchev–Trinajstić information content (AvgIpc) is 3.42. The third kappa shape index (κ3) is 6.09. The lowest BCUT2D eigenvalue weighted by Gasteiger charge is -2.36. The Balaban J connectivity index is 1.23. The van der Waals surface area contributed by atoms with E-state index in [1.165, 1.54) is 6.20 Å². The van der Waals surface area contributed by atoms with Crippen molar-refractivity contribution < 1.29 is 18.8 Å². The highest BCUT2D eigenvalue weighted by molar-refractivity contribution is 14.1. The first-order chi connectivity index (χ1) is 20.5. The largest absolute Gasteiger partial charge is 0.498 e. The van der Waals surface area contributed by atoms with Gasteiger partial charge in [-0.25, -0.2) is 14.6 Å². The molecule has 2 N–H and O–H groups in total. The topological polar surface area (TPSA) is 119 Å². The van der Waals surface area contributed by atoms with Crippen LogP contribution in [0.15, 0.2) is 36.8 Å². The number of aromatic nitrogens is 5. The second-order valence-corrected chi connectivity index (χ2v) is 13.5. The fraction of sp³-hybridized carbons (Fsp3) is 0.429. The lowest BCUT2D eigenvalue weighted by Crippen LogP contribution is -2.47. The summed E-state index contributed by atoms with van der Waals surface area (Å²) < 4.78 is 27.6. The van der Waals surface area contributed by atoms with Gasteiger partial charge >= 0.3 is 7.12 Å². The number of halogens is 4. The van der Waals surface area contributed by atoms with Crippen molar-refractivity contribution in [2.75, 3.05) is 6.61 Å². The van der Waals surface area contributed by atoms with Gasteiger partial charge in [0.1, 0.15) is 9.45 Å². The minimum Gasteiger partial charge on any atom is -0.471 e. The molecule has 3 atom stereocenters. The Bertz CT molecular complexity index is 1660. The van der Waals surface area contributed by atoms with Gasteiger partial charge in [0.05, 0.1) is 32.5 Å². The van der Waals surface area contributed by atoms with Crippen LogP contribution in [0.25, 0.3) is 10.9 Å². The summed E-state index contributed by atoms with van der Waals surface area (Å²) >= 11 is 21.6. The number of nitrogens with zero attached hydrogens (tertiary/aromatic N) is 5. The molecule has 2 unspecified atom stereocenters. The third-order valence-electron chi connectivity index (χ3n) is 8.15. The zero-order valence-corrected chi connectivity index (χ0v) is 28.1. The molecule has 226 valence electrons. The fourth-order valence-electron chi connectivity index (χ4n) is 5.35. The minimum atomic E-state index is -0.964. The number of pyridine rings is 1.